The molecule has 0 fully saturated rings. The van der Waals surface area contributed by atoms with E-state index in [1.54, 1.807) is 12.4 Å². The maximum absolute atomic E-state index is 4.46. The molecule has 0 radical (unpaired) electrons. The molecule has 3 aromatic heterocycles. The van der Waals surface area contributed by atoms with Gasteiger partial charge in [0.25, 0.3) is 0 Å². The number of nitrogens with zero attached hydrogens (tertiary/aromatic N) is 3. The number of pyridine rings is 2. The Bertz CT molecular complexity index is 861. The summed E-state index contributed by atoms with van der Waals surface area (Å²) in [7, 11) is 0. The van der Waals surface area contributed by atoms with Gasteiger partial charge in [0.2, 0.25) is 0 Å². The molecule has 0 bridgehead atoms. The zero-order valence-electron chi connectivity index (χ0n) is 9.59. The van der Waals surface area contributed by atoms with E-state index in [-0.39, 0.29) is 0 Å². The van der Waals surface area contributed by atoms with Crippen LogP contribution < -0.4 is 10.7 Å². The van der Waals surface area contributed by atoms with Crippen LogP contribution in [0.25, 0.3) is 16.6 Å². The topological polar surface area (TPSA) is 53.9 Å². The van der Waals surface area contributed by atoms with Crippen molar-refractivity contribution in [2.45, 2.75) is 0 Å². The molecule has 4 nitrogen and oxygen atoms in total. The van der Waals surface area contributed by atoms with E-state index in [1.165, 1.54) is 11.1 Å². The van der Waals surface area contributed by atoms with Crippen LogP contribution in [0.3, 0.4) is 0 Å². The predicted octanol–water partition coefficient (Wildman–Crippen LogP) is 0.790. The van der Waals surface area contributed by atoms with Crippen LogP contribution in [0, 0.1) is 0 Å². The van der Waals surface area contributed by atoms with Crippen molar-refractivity contribution in [3.63, 3.8) is 0 Å². The summed E-state index contributed by atoms with van der Waals surface area (Å²) in [5, 5.41) is 2.27. The first-order chi connectivity index (χ1) is 8.93. The quantitative estimate of drug-likeness (QED) is 0.676. The highest BCUT2D eigenvalue weighted by atomic mass is 14.9. The minimum absolute atomic E-state index is 0.689. The monoisotopic (exact) mass is 234 g/mol. The number of rotatable bonds is 1. The molecule has 1 N–H and O–H groups in total. The second-order valence-corrected chi connectivity index (χ2v) is 4.27. The SMILES string of the molecule is c1cnc2c(c1)=C(c1c[nH]c3ncccc13)CN=2. The average Bonchev–Trinajstić information content (AvgIpc) is 3.01. The van der Waals surface area contributed by atoms with Gasteiger partial charge in [-0.2, -0.15) is 0 Å². The molecule has 0 aromatic carbocycles. The molecule has 0 spiro atoms. The lowest BCUT2D eigenvalue weighted by molar-refractivity contribution is 1.09. The van der Waals surface area contributed by atoms with E-state index in [1.807, 2.05) is 18.3 Å². The van der Waals surface area contributed by atoms with Crippen LogP contribution in [0.1, 0.15) is 5.56 Å². The lowest BCUT2D eigenvalue weighted by Gasteiger charge is -1.98. The van der Waals surface area contributed by atoms with Crippen LogP contribution in [0.15, 0.2) is 47.8 Å². The smallest absolute Gasteiger partial charge is 0.155 e. The molecule has 0 unspecified atom stereocenters. The summed E-state index contributed by atoms with van der Waals surface area (Å²) in [6, 6.07) is 8.06. The minimum atomic E-state index is 0.689. The lowest BCUT2D eigenvalue weighted by atomic mass is 10.1. The number of aromatic amines is 1. The van der Waals surface area contributed by atoms with Crippen LogP contribution in [0.5, 0.6) is 0 Å². The average molecular weight is 234 g/mol. The first-order valence-electron chi connectivity index (χ1n) is 5.85. The molecular weight excluding hydrogens is 224 g/mol. The van der Waals surface area contributed by atoms with Gasteiger partial charge in [0.15, 0.2) is 5.49 Å². The van der Waals surface area contributed by atoms with Gasteiger partial charge in [-0.3, -0.25) is 4.99 Å². The largest absolute Gasteiger partial charge is 0.346 e. The Morgan fingerprint density at radius 2 is 1.94 bits per heavy atom. The molecule has 0 saturated heterocycles. The molecule has 0 amide bonds. The Kier molecular flexibility index (Phi) is 1.85. The number of H-pyrrole nitrogens is 1. The number of hydrogen-bond donors (Lipinski definition) is 1. The fourth-order valence-corrected chi connectivity index (χ4v) is 2.43. The van der Waals surface area contributed by atoms with Crippen molar-refractivity contribution in [1.82, 2.24) is 15.0 Å². The van der Waals surface area contributed by atoms with Gasteiger partial charge in [-0.05, 0) is 29.8 Å². The van der Waals surface area contributed by atoms with Gasteiger partial charge in [-0.25, -0.2) is 9.97 Å². The highest BCUT2D eigenvalue weighted by molar-refractivity contribution is 5.91. The zero-order chi connectivity index (χ0) is 11.9. The summed E-state index contributed by atoms with van der Waals surface area (Å²) in [4.78, 5) is 16.3. The Labute approximate surface area is 103 Å². The standard InChI is InChI=1S/C14H10N4/c1-3-9-11(7-17-13(9)15-5-1)12-8-18-14-10(12)4-2-6-16-14/h1-7H,8H2,(H,15,17). The van der Waals surface area contributed by atoms with Crippen LogP contribution >= 0.6 is 0 Å². The summed E-state index contributed by atoms with van der Waals surface area (Å²) < 4.78 is 0. The number of aromatic nitrogens is 3. The Morgan fingerprint density at radius 3 is 2.94 bits per heavy atom. The van der Waals surface area contributed by atoms with Crippen molar-refractivity contribution in [3.05, 3.63) is 59.1 Å². The van der Waals surface area contributed by atoms with Crippen LogP contribution in [-0.2, 0) is 0 Å². The second-order valence-electron chi connectivity index (χ2n) is 4.27. The van der Waals surface area contributed by atoms with Gasteiger partial charge in [0.1, 0.15) is 5.65 Å². The molecule has 18 heavy (non-hydrogen) atoms. The summed E-state index contributed by atoms with van der Waals surface area (Å²) in [5.41, 5.74) is 4.15. The maximum Gasteiger partial charge on any atom is 0.155 e. The molecule has 0 saturated carbocycles. The number of hydrogen-bond acceptors (Lipinski definition) is 3. The highest BCUT2D eigenvalue weighted by Crippen LogP contribution is 2.22. The molecule has 4 rings (SSSR count). The van der Waals surface area contributed by atoms with Crippen LogP contribution in [0.4, 0.5) is 0 Å². The van der Waals surface area contributed by atoms with Crippen LogP contribution in [-0.4, -0.2) is 21.5 Å². The minimum Gasteiger partial charge on any atom is -0.346 e. The van der Waals surface area contributed by atoms with Crippen molar-refractivity contribution >= 4 is 16.6 Å². The zero-order valence-corrected chi connectivity index (χ0v) is 9.59. The summed E-state index contributed by atoms with van der Waals surface area (Å²) in [5.74, 6) is 0. The van der Waals surface area contributed by atoms with E-state index in [0.717, 1.165) is 21.7 Å². The molecular formula is C14H10N4. The molecule has 3 aromatic rings. The van der Waals surface area contributed by atoms with Crippen molar-refractivity contribution in [2.24, 2.45) is 4.99 Å². The van der Waals surface area contributed by atoms with Crippen molar-refractivity contribution in [2.75, 3.05) is 6.54 Å². The molecule has 4 heteroatoms. The summed E-state index contributed by atoms with van der Waals surface area (Å²) >= 11 is 0. The molecule has 1 aliphatic rings. The van der Waals surface area contributed by atoms with E-state index in [0.29, 0.717) is 6.54 Å². The van der Waals surface area contributed by atoms with E-state index in [4.69, 9.17) is 0 Å². The van der Waals surface area contributed by atoms with Gasteiger partial charge in [0.05, 0.1) is 6.54 Å². The summed E-state index contributed by atoms with van der Waals surface area (Å²) in [6.45, 7) is 0.689. The van der Waals surface area contributed by atoms with Gasteiger partial charge in [-0.1, -0.05) is 0 Å². The number of nitrogens with one attached hydrogen (secondary N) is 1. The van der Waals surface area contributed by atoms with E-state index < -0.39 is 0 Å². The normalized spacial score (nSPS) is 13.7. The third-order valence-electron chi connectivity index (χ3n) is 3.27. The molecule has 86 valence electrons. The Balaban J connectivity index is 2.10. The molecule has 0 atom stereocenters. The van der Waals surface area contributed by atoms with E-state index in [9.17, 15) is 0 Å². The first-order valence-corrected chi connectivity index (χ1v) is 5.85. The molecule has 0 aliphatic carbocycles. The lowest BCUT2D eigenvalue weighted by Crippen LogP contribution is -2.25. The van der Waals surface area contributed by atoms with E-state index >= 15 is 0 Å². The van der Waals surface area contributed by atoms with Gasteiger partial charge >= 0.3 is 0 Å². The second kappa shape index (κ2) is 3.50. The van der Waals surface area contributed by atoms with Gasteiger partial charge < -0.3 is 4.98 Å². The third-order valence-corrected chi connectivity index (χ3v) is 3.27. The van der Waals surface area contributed by atoms with Gasteiger partial charge in [-0.15, -0.1) is 0 Å². The van der Waals surface area contributed by atoms with Crippen molar-refractivity contribution in [1.29, 1.82) is 0 Å². The highest BCUT2D eigenvalue weighted by Gasteiger charge is 2.13. The Hall–Kier alpha value is -2.49. The third kappa shape index (κ3) is 1.23. The number of fused-ring (bicyclic) bond motifs is 2. The predicted molar refractivity (Wildman–Crippen MR) is 68.5 cm³/mol. The van der Waals surface area contributed by atoms with Crippen molar-refractivity contribution < 1.29 is 0 Å². The molecule has 4 heterocycles. The fraction of sp³-hybridized carbons (Fsp3) is 0.0714. The molecule has 1 aliphatic heterocycles. The van der Waals surface area contributed by atoms with Crippen LogP contribution in [0.2, 0.25) is 0 Å². The van der Waals surface area contributed by atoms with Crippen molar-refractivity contribution in [3.8, 4) is 0 Å². The first kappa shape index (κ1) is 9.53. The fourth-order valence-electron chi connectivity index (χ4n) is 2.43. The van der Waals surface area contributed by atoms with E-state index in [2.05, 4.69) is 32.1 Å². The maximum atomic E-state index is 4.46. The Morgan fingerprint density at radius 1 is 1.06 bits per heavy atom. The summed E-state index contributed by atoms with van der Waals surface area (Å²) in [6.07, 6.45) is 5.58. The van der Waals surface area contributed by atoms with Gasteiger partial charge in [0, 0.05) is 34.8 Å².